The maximum atomic E-state index is 12.4. The van der Waals surface area contributed by atoms with Crippen LogP contribution in [0, 0.1) is 0 Å². The molecule has 30 heavy (non-hydrogen) atoms. The van der Waals surface area contributed by atoms with Crippen molar-refractivity contribution in [2.24, 2.45) is 0 Å². The van der Waals surface area contributed by atoms with Crippen LogP contribution in [-0.2, 0) is 16.0 Å². The van der Waals surface area contributed by atoms with E-state index in [0.29, 0.717) is 23.0 Å². The van der Waals surface area contributed by atoms with E-state index in [9.17, 15) is 14.4 Å². The van der Waals surface area contributed by atoms with Crippen LogP contribution in [0.5, 0.6) is 0 Å². The standard InChI is InChI=1S/C22H21N3O4S/c1-2-12-29-21(28)16-8-10-17(11-9-16)23-20(27)18-14-30-22(24-18)25-19(26)13-15-6-4-3-5-7-15/h3-11,14H,2,12-13H2,1H3,(H,23,27)(H,24,25,26). The number of hydrogen-bond donors (Lipinski definition) is 2. The molecule has 2 N–H and O–H groups in total. The Kier molecular flexibility index (Phi) is 7.29. The zero-order valence-electron chi connectivity index (χ0n) is 16.4. The van der Waals surface area contributed by atoms with Crippen LogP contribution >= 0.6 is 11.3 Å². The smallest absolute Gasteiger partial charge is 0.338 e. The number of nitrogens with one attached hydrogen (secondary N) is 2. The van der Waals surface area contributed by atoms with E-state index in [4.69, 9.17) is 4.74 Å². The van der Waals surface area contributed by atoms with Crippen molar-refractivity contribution in [2.75, 3.05) is 17.2 Å². The maximum absolute atomic E-state index is 12.4. The van der Waals surface area contributed by atoms with Crippen LogP contribution in [0.1, 0.15) is 39.8 Å². The van der Waals surface area contributed by atoms with Crippen molar-refractivity contribution in [1.82, 2.24) is 4.98 Å². The van der Waals surface area contributed by atoms with Gasteiger partial charge in [-0.3, -0.25) is 9.59 Å². The molecule has 1 aromatic heterocycles. The molecule has 0 bridgehead atoms. The highest BCUT2D eigenvalue weighted by Crippen LogP contribution is 2.18. The quantitative estimate of drug-likeness (QED) is 0.531. The molecular formula is C22H21N3O4S. The number of anilines is 2. The third kappa shape index (κ3) is 5.99. The molecule has 2 aromatic carbocycles. The van der Waals surface area contributed by atoms with Gasteiger partial charge in [-0.05, 0) is 36.2 Å². The van der Waals surface area contributed by atoms with Gasteiger partial charge in [-0.1, -0.05) is 37.3 Å². The van der Waals surface area contributed by atoms with Crippen molar-refractivity contribution < 1.29 is 19.1 Å². The van der Waals surface area contributed by atoms with E-state index in [1.54, 1.807) is 29.6 Å². The van der Waals surface area contributed by atoms with Gasteiger partial charge < -0.3 is 15.4 Å². The lowest BCUT2D eigenvalue weighted by molar-refractivity contribution is -0.115. The van der Waals surface area contributed by atoms with E-state index in [2.05, 4.69) is 15.6 Å². The first-order valence-corrected chi connectivity index (χ1v) is 10.3. The van der Waals surface area contributed by atoms with Gasteiger partial charge in [0.15, 0.2) is 5.13 Å². The molecule has 0 radical (unpaired) electrons. The average Bonchev–Trinajstić information content (AvgIpc) is 3.21. The summed E-state index contributed by atoms with van der Waals surface area (Å²) in [5, 5.41) is 7.35. The normalized spacial score (nSPS) is 10.3. The molecule has 154 valence electrons. The lowest BCUT2D eigenvalue weighted by Crippen LogP contribution is -2.15. The first-order chi connectivity index (χ1) is 14.5. The first-order valence-electron chi connectivity index (χ1n) is 9.43. The molecule has 8 heteroatoms. The van der Waals surface area contributed by atoms with Crippen molar-refractivity contribution >= 4 is 39.9 Å². The number of rotatable bonds is 8. The van der Waals surface area contributed by atoms with Crippen molar-refractivity contribution in [2.45, 2.75) is 19.8 Å². The predicted octanol–water partition coefficient (Wildman–Crippen LogP) is 4.14. The van der Waals surface area contributed by atoms with E-state index in [1.807, 2.05) is 37.3 Å². The van der Waals surface area contributed by atoms with Crippen LogP contribution in [0.25, 0.3) is 0 Å². The van der Waals surface area contributed by atoms with Gasteiger partial charge in [0.05, 0.1) is 18.6 Å². The fraction of sp³-hybridized carbons (Fsp3) is 0.182. The molecule has 2 amide bonds. The van der Waals surface area contributed by atoms with Crippen LogP contribution in [0.3, 0.4) is 0 Å². The molecule has 3 aromatic rings. The Morgan fingerprint density at radius 2 is 1.73 bits per heavy atom. The number of ether oxygens (including phenoxy) is 1. The highest BCUT2D eigenvalue weighted by atomic mass is 32.1. The predicted molar refractivity (Wildman–Crippen MR) is 116 cm³/mol. The summed E-state index contributed by atoms with van der Waals surface area (Å²) in [4.78, 5) is 40.5. The highest BCUT2D eigenvalue weighted by molar-refractivity contribution is 7.14. The monoisotopic (exact) mass is 423 g/mol. The first kappa shape index (κ1) is 21.2. The van der Waals surface area contributed by atoms with Crippen molar-refractivity contribution in [3.63, 3.8) is 0 Å². The zero-order chi connectivity index (χ0) is 21.3. The minimum Gasteiger partial charge on any atom is -0.462 e. The van der Waals surface area contributed by atoms with Crippen LogP contribution in [0.4, 0.5) is 10.8 Å². The van der Waals surface area contributed by atoms with Crippen LogP contribution < -0.4 is 10.6 Å². The molecule has 0 fully saturated rings. The van der Waals surface area contributed by atoms with Crippen molar-refractivity contribution in [3.8, 4) is 0 Å². The molecule has 7 nitrogen and oxygen atoms in total. The Labute approximate surface area is 178 Å². The summed E-state index contributed by atoms with van der Waals surface area (Å²) in [5.74, 6) is -1.01. The Morgan fingerprint density at radius 1 is 1.00 bits per heavy atom. The van der Waals surface area contributed by atoms with Gasteiger partial charge in [0.2, 0.25) is 5.91 Å². The number of aromatic nitrogens is 1. The average molecular weight is 423 g/mol. The summed E-state index contributed by atoms with van der Waals surface area (Å²) >= 11 is 1.18. The Bertz CT molecular complexity index is 1020. The number of carbonyl (C=O) groups is 3. The Morgan fingerprint density at radius 3 is 2.43 bits per heavy atom. The molecular weight excluding hydrogens is 402 g/mol. The largest absolute Gasteiger partial charge is 0.462 e. The number of benzene rings is 2. The number of hydrogen-bond acceptors (Lipinski definition) is 6. The fourth-order valence-electron chi connectivity index (χ4n) is 2.54. The summed E-state index contributed by atoms with van der Waals surface area (Å²) in [6.07, 6.45) is 0.983. The van der Waals surface area contributed by atoms with Gasteiger partial charge in [-0.25, -0.2) is 9.78 Å². The van der Waals surface area contributed by atoms with Gasteiger partial charge in [0.25, 0.3) is 5.91 Å². The second-order valence-electron chi connectivity index (χ2n) is 6.42. The minimum absolute atomic E-state index is 0.196. The van der Waals surface area contributed by atoms with Crippen LogP contribution in [0.2, 0.25) is 0 Å². The third-order valence-corrected chi connectivity index (χ3v) is 4.76. The van der Waals surface area contributed by atoms with Gasteiger partial charge >= 0.3 is 5.97 Å². The topological polar surface area (TPSA) is 97.4 Å². The summed E-state index contributed by atoms with van der Waals surface area (Å²) in [5.41, 5.74) is 2.03. The molecule has 0 aliphatic rings. The second kappa shape index (κ2) is 10.3. The molecule has 0 aliphatic carbocycles. The van der Waals surface area contributed by atoms with E-state index in [0.717, 1.165) is 12.0 Å². The van der Waals surface area contributed by atoms with E-state index >= 15 is 0 Å². The minimum atomic E-state index is -0.406. The number of amides is 2. The SMILES string of the molecule is CCCOC(=O)c1ccc(NC(=O)c2csc(NC(=O)Cc3ccccc3)n2)cc1. The number of carbonyl (C=O) groups excluding carboxylic acids is 3. The lowest BCUT2D eigenvalue weighted by atomic mass is 10.1. The summed E-state index contributed by atoms with van der Waals surface area (Å²) < 4.78 is 5.07. The zero-order valence-corrected chi connectivity index (χ0v) is 17.2. The molecule has 0 atom stereocenters. The van der Waals surface area contributed by atoms with E-state index in [-0.39, 0.29) is 18.0 Å². The molecule has 0 aliphatic heterocycles. The van der Waals surface area contributed by atoms with Gasteiger partial charge in [0.1, 0.15) is 5.69 Å². The third-order valence-electron chi connectivity index (χ3n) is 4.01. The molecule has 0 saturated heterocycles. The number of esters is 1. The molecule has 3 rings (SSSR count). The number of thiazole rings is 1. The Balaban J connectivity index is 1.54. The van der Waals surface area contributed by atoms with Crippen LogP contribution in [-0.4, -0.2) is 29.4 Å². The second-order valence-corrected chi connectivity index (χ2v) is 7.27. The van der Waals surface area contributed by atoms with Gasteiger partial charge in [-0.15, -0.1) is 11.3 Å². The molecule has 1 heterocycles. The summed E-state index contributed by atoms with van der Waals surface area (Å²) in [6.45, 7) is 2.29. The van der Waals surface area contributed by atoms with E-state index < -0.39 is 11.9 Å². The lowest BCUT2D eigenvalue weighted by Gasteiger charge is -2.06. The molecule has 0 spiro atoms. The van der Waals surface area contributed by atoms with E-state index in [1.165, 1.54) is 11.3 Å². The highest BCUT2D eigenvalue weighted by Gasteiger charge is 2.14. The van der Waals surface area contributed by atoms with Crippen LogP contribution in [0.15, 0.2) is 60.0 Å². The number of nitrogens with zero attached hydrogens (tertiary/aromatic N) is 1. The molecule has 0 unspecified atom stereocenters. The fourth-order valence-corrected chi connectivity index (χ4v) is 3.25. The van der Waals surface area contributed by atoms with Crippen molar-refractivity contribution in [1.29, 1.82) is 0 Å². The summed E-state index contributed by atoms with van der Waals surface area (Å²) in [7, 11) is 0. The van der Waals surface area contributed by atoms with Gasteiger partial charge in [-0.2, -0.15) is 0 Å². The van der Waals surface area contributed by atoms with Crippen molar-refractivity contribution in [3.05, 3.63) is 76.8 Å². The maximum Gasteiger partial charge on any atom is 0.338 e. The molecule has 0 saturated carbocycles. The Hall–Kier alpha value is -3.52. The summed E-state index contributed by atoms with van der Waals surface area (Å²) in [6, 6.07) is 15.8. The van der Waals surface area contributed by atoms with Gasteiger partial charge in [0, 0.05) is 11.1 Å².